The highest BCUT2D eigenvalue weighted by molar-refractivity contribution is 6.35. The van der Waals surface area contributed by atoms with Gasteiger partial charge in [0, 0.05) is 15.6 Å². The Hall–Kier alpha value is -2.04. The summed E-state index contributed by atoms with van der Waals surface area (Å²) in [7, 11) is 0. The van der Waals surface area contributed by atoms with Crippen molar-refractivity contribution >= 4 is 40.2 Å². The van der Waals surface area contributed by atoms with Crippen molar-refractivity contribution < 1.29 is 9.53 Å². The second-order valence-electron chi connectivity index (χ2n) is 7.55. The van der Waals surface area contributed by atoms with Gasteiger partial charge in [-0.1, -0.05) is 48.7 Å². The molecule has 6 heteroatoms. The molecule has 2 atom stereocenters. The van der Waals surface area contributed by atoms with Gasteiger partial charge in [0.25, 0.3) is 0 Å². The van der Waals surface area contributed by atoms with E-state index in [1.807, 2.05) is 28.8 Å². The van der Waals surface area contributed by atoms with Gasteiger partial charge in [0.05, 0.1) is 11.0 Å². The van der Waals surface area contributed by atoms with E-state index in [1.165, 1.54) is 6.42 Å². The van der Waals surface area contributed by atoms with Gasteiger partial charge in [0.2, 0.25) is 0 Å². The third-order valence-corrected chi connectivity index (χ3v) is 5.69. The Morgan fingerprint density at radius 1 is 1.18 bits per heavy atom. The average Bonchev–Trinajstić information content (AvgIpc) is 2.99. The zero-order valence-corrected chi connectivity index (χ0v) is 17.2. The van der Waals surface area contributed by atoms with Crippen molar-refractivity contribution in [1.29, 1.82) is 0 Å². The van der Waals surface area contributed by atoms with Crippen LogP contribution < -0.4 is 0 Å². The fourth-order valence-electron chi connectivity index (χ4n) is 3.98. The van der Waals surface area contributed by atoms with Crippen molar-refractivity contribution in [3.05, 3.63) is 52.5 Å². The molecule has 4 rings (SSSR count). The van der Waals surface area contributed by atoms with E-state index in [0.717, 1.165) is 35.9 Å². The average molecular weight is 417 g/mol. The number of imidazole rings is 1. The fraction of sp³-hybridized carbons (Fsp3) is 0.364. The van der Waals surface area contributed by atoms with E-state index >= 15 is 0 Å². The first-order chi connectivity index (χ1) is 13.5. The molecule has 0 radical (unpaired) electrons. The van der Waals surface area contributed by atoms with Crippen molar-refractivity contribution in [3.8, 4) is 11.4 Å². The highest BCUT2D eigenvalue weighted by Gasteiger charge is 2.23. The number of esters is 1. The van der Waals surface area contributed by atoms with Gasteiger partial charge in [0.1, 0.15) is 18.5 Å². The van der Waals surface area contributed by atoms with Gasteiger partial charge in [0.15, 0.2) is 0 Å². The number of rotatable bonds is 4. The lowest BCUT2D eigenvalue weighted by molar-refractivity contribution is -0.151. The molecule has 0 aliphatic heterocycles. The Kier molecular flexibility index (Phi) is 5.61. The Labute approximate surface area is 174 Å². The third-order valence-electron chi connectivity index (χ3n) is 5.25. The van der Waals surface area contributed by atoms with Crippen LogP contribution in [0, 0.1) is 5.92 Å². The predicted molar refractivity (Wildman–Crippen MR) is 113 cm³/mol. The summed E-state index contributed by atoms with van der Waals surface area (Å²) in [5, 5.41) is 1.06. The van der Waals surface area contributed by atoms with E-state index in [2.05, 4.69) is 6.92 Å². The number of halogens is 2. The summed E-state index contributed by atoms with van der Waals surface area (Å²) in [6, 6.07) is 13.0. The molecule has 0 saturated heterocycles. The number of para-hydroxylation sites is 2. The van der Waals surface area contributed by atoms with Crippen molar-refractivity contribution in [1.82, 2.24) is 9.55 Å². The minimum atomic E-state index is -0.239. The Bertz CT molecular complexity index is 995. The molecule has 28 heavy (non-hydrogen) atoms. The van der Waals surface area contributed by atoms with Crippen LogP contribution >= 0.6 is 23.2 Å². The molecule has 1 aromatic heterocycles. The lowest BCUT2D eigenvalue weighted by Gasteiger charge is -2.26. The first kappa shape index (κ1) is 19.3. The Morgan fingerprint density at radius 3 is 2.68 bits per heavy atom. The number of fused-ring (bicyclic) bond motifs is 1. The summed E-state index contributed by atoms with van der Waals surface area (Å²) in [6.45, 7) is 2.31. The molecule has 0 bridgehead atoms. The van der Waals surface area contributed by atoms with E-state index in [0.29, 0.717) is 21.8 Å². The van der Waals surface area contributed by atoms with E-state index in [-0.39, 0.29) is 18.6 Å². The largest absolute Gasteiger partial charge is 0.461 e. The summed E-state index contributed by atoms with van der Waals surface area (Å²) < 4.78 is 7.66. The SMILES string of the molecule is CC1CCCC(OC(=O)Cn2c(-c3cc(Cl)cc(Cl)c3)nc3ccccc32)C1. The number of aromatic nitrogens is 2. The molecule has 1 fully saturated rings. The van der Waals surface area contributed by atoms with Gasteiger partial charge in [-0.05, 0) is 55.5 Å². The number of ether oxygens (including phenoxy) is 1. The van der Waals surface area contributed by atoms with Crippen molar-refractivity contribution in [3.63, 3.8) is 0 Å². The molecule has 0 spiro atoms. The van der Waals surface area contributed by atoms with Crippen LogP contribution in [0.5, 0.6) is 0 Å². The standard InChI is InChI=1S/C22H22Cl2N2O2/c1-14-5-4-6-18(9-14)28-21(27)13-26-20-8-3-2-7-19(20)25-22(26)15-10-16(23)12-17(24)11-15/h2-3,7-8,10-12,14,18H,4-6,9,13H2,1H3. The Balaban J connectivity index is 1.66. The van der Waals surface area contributed by atoms with Crippen LogP contribution in [0.15, 0.2) is 42.5 Å². The minimum absolute atomic E-state index is 0.00935. The second-order valence-corrected chi connectivity index (χ2v) is 8.42. The van der Waals surface area contributed by atoms with Gasteiger partial charge in [-0.2, -0.15) is 0 Å². The molecule has 0 amide bonds. The van der Waals surface area contributed by atoms with Crippen LogP contribution in [0.2, 0.25) is 10.0 Å². The molecule has 146 valence electrons. The highest BCUT2D eigenvalue weighted by atomic mass is 35.5. The van der Waals surface area contributed by atoms with Crippen LogP contribution in [-0.2, 0) is 16.1 Å². The zero-order valence-electron chi connectivity index (χ0n) is 15.7. The zero-order chi connectivity index (χ0) is 19.7. The van der Waals surface area contributed by atoms with Gasteiger partial charge in [-0.3, -0.25) is 4.79 Å². The second kappa shape index (κ2) is 8.14. The molecule has 1 saturated carbocycles. The van der Waals surface area contributed by atoms with Crippen molar-refractivity contribution in [2.75, 3.05) is 0 Å². The van der Waals surface area contributed by atoms with Gasteiger partial charge in [-0.15, -0.1) is 0 Å². The van der Waals surface area contributed by atoms with Gasteiger partial charge in [-0.25, -0.2) is 4.98 Å². The number of benzene rings is 2. The monoisotopic (exact) mass is 416 g/mol. The normalized spacial score (nSPS) is 19.7. The maximum absolute atomic E-state index is 12.7. The van der Waals surface area contributed by atoms with Crippen molar-refractivity contribution in [2.24, 2.45) is 5.92 Å². The third kappa shape index (κ3) is 4.18. The van der Waals surface area contributed by atoms with Crippen molar-refractivity contribution in [2.45, 2.75) is 45.3 Å². The fourth-order valence-corrected chi connectivity index (χ4v) is 4.50. The van der Waals surface area contributed by atoms with E-state index in [4.69, 9.17) is 32.9 Å². The van der Waals surface area contributed by atoms with Gasteiger partial charge >= 0.3 is 5.97 Å². The van der Waals surface area contributed by atoms with Crippen LogP contribution in [0.25, 0.3) is 22.4 Å². The number of nitrogens with zero attached hydrogens (tertiary/aromatic N) is 2. The summed E-state index contributed by atoms with van der Waals surface area (Å²) in [6.07, 6.45) is 4.21. The molecular weight excluding hydrogens is 395 g/mol. The first-order valence-corrected chi connectivity index (χ1v) is 10.4. The molecule has 2 aromatic carbocycles. The first-order valence-electron chi connectivity index (χ1n) is 9.61. The quantitative estimate of drug-likeness (QED) is 0.480. The van der Waals surface area contributed by atoms with Crippen LogP contribution in [0.3, 0.4) is 0 Å². The molecular formula is C22H22Cl2N2O2. The summed E-state index contributed by atoms with van der Waals surface area (Å²) in [5.41, 5.74) is 2.46. The summed E-state index contributed by atoms with van der Waals surface area (Å²) >= 11 is 12.4. The van der Waals surface area contributed by atoms with Crippen LogP contribution in [0.1, 0.15) is 32.6 Å². The maximum Gasteiger partial charge on any atom is 0.326 e. The minimum Gasteiger partial charge on any atom is -0.461 e. The summed E-state index contributed by atoms with van der Waals surface area (Å²) in [4.78, 5) is 17.4. The van der Waals surface area contributed by atoms with Crippen LogP contribution in [0.4, 0.5) is 0 Å². The molecule has 1 aliphatic carbocycles. The van der Waals surface area contributed by atoms with E-state index < -0.39 is 0 Å². The lowest BCUT2D eigenvalue weighted by atomic mass is 9.89. The highest BCUT2D eigenvalue weighted by Crippen LogP contribution is 2.30. The number of carbonyl (C=O) groups is 1. The number of hydrogen-bond acceptors (Lipinski definition) is 3. The predicted octanol–water partition coefficient (Wildman–Crippen LogP) is 6.13. The van der Waals surface area contributed by atoms with E-state index in [1.54, 1.807) is 18.2 Å². The molecule has 1 aliphatic rings. The lowest BCUT2D eigenvalue weighted by Crippen LogP contribution is -2.26. The topological polar surface area (TPSA) is 44.1 Å². The molecule has 3 aromatic rings. The Morgan fingerprint density at radius 2 is 1.93 bits per heavy atom. The molecule has 4 nitrogen and oxygen atoms in total. The van der Waals surface area contributed by atoms with Gasteiger partial charge < -0.3 is 9.30 Å². The maximum atomic E-state index is 12.7. The summed E-state index contributed by atoms with van der Waals surface area (Å²) in [5.74, 6) is 1.01. The number of hydrogen-bond donors (Lipinski definition) is 0. The molecule has 0 N–H and O–H groups in total. The van der Waals surface area contributed by atoms with Crippen LogP contribution in [-0.4, -0.2) is 21.6 Å². The molecule has 2 unspecified atom stereocenters. The van der Waals surface area contributed by atoms with E-state index in [9.17, 15) is 4.79 Å². The molecule has 1 heterocycles. The smallest absolute Gasteiger partial charge is 0.326 e. The number of carbonyl (C=O) groups excluding carboxylic acids is 1.